The highest BCUT2D eigenvalue weighted by atomic mass is 16.5. The third kappa shape index (κ3) is 4.50. The van der Waals surface area contributed by atoms with Gasteiger partial charge >= 0.3 is 0 Å². The van der Waals surface area contributed by atoms with Crippen LogP contribution in [0.2, 0.25) is 0 Å². The van der Waals surface area contributed by atoms with Crippen LogP contribution in [0.1, 0.15) is 46.4 Å². The maximum absolute atomic E-state index is 12.7. The summed E-state index contributed by atoms with van der Waals surface area (Å²) >= 11 is 0. The summed E-state index contributed by atoms with van der Waals surface area (Å²) in [5, 5.41) is 7.85. The maximum atomic E-state index is 12.7. The summed E-state index contributed by atoms with van der Waals surface area (Å²) in [4.78, 5) is 40.5. The molecular formula is C22H24N4O5. The quantitative estimate of drug-likeness (QED) is 0.626. The smallest absolute Gasteiger partial charge is 0.261 e. The first-order valence-electron chi connectivity index (χ1n) is 10.3. The number of carbonyl (C=O) groups is 3. The molecule has 1 aromatic carbocycles. The topological polar surface area (TPSA) is 102 Å². The maximum Gasteiger partial charge on any atom is 0.261 e. The van der Waals surface area contributed by atoms with Crippen molar-refractivity contribution < 1.29 is 23.9 Å². The highest BCUT2D eigenvalue weighted by Gasteiger charge is 2.34. The second-order valence-corrected chi connectivity index (χ2v) is 7.55. The lowest BCUT2D eigenvalue weighted by molar-refractivity contribution is -0.134. The zero-order valence-electron chi connectivity index (χ0n) is 17.3. The van der Waals surface area contributed by atoms with E-state index in [1.54, 1.807) is 41.3 Å². The number of imide groups is 1. The summed E-state index contributed by atoms with van der Waals surface area (Å²) in [5.41, 5.74) is 0.855. The van der Waals surface area contributed by atoms with E-state index in [2.05, 4.69) is 10.2 Å². The molecule has 0 bridgehead atoms. The molecule has 1 aromatic heterocycles. The van der Waals surface area contributed by atoms with Crippen LogP contribution >= 0.6 is 0 Å². The Morgan fingerprint density at radius 3 is 2.39 bits per heavy atom. The number of rotatable bonds is 7. The Kier molecular flexibility index (Phi) is 6.11. The predicted molar refractivity (Wildman–Crippen MR) is 110 cm³/mol. The molecule has 162 valence electrons. The first-order chi connectivity index (χ1) is 15.1. The number of aromatic nitrogens is 2. The van der Waals surface area contributed by atoms with E-state index in [0.29, 0.717) is 42.4 Å². The van der Waals surface area contributed by atoms with Crippen molar-refractivity contribution in [3.8, 4) is 11.8 Å². The molecule has 3 heterocycles. The molecule has 2 aliphatic heterocycles. The lowest BCUT2D eigenvalue weighted by Gasteiger charge is -2.32. The number of hydrogen-bond acceptors (Lipinski definition) is 7. The lowest BCUT2D eigenvalue weighted by atomic mass is 10.1. The molecule has 3 amide bonds. The van der Waals surface area contributed by atoms with E-state index < -0.39 is 0 Å². The van der Waals surface area contributed by atoms with Crippen molar-refractivity contribution in [2.24, 2.45) is 0 Å². The van der Waals surface area contributed by atoms with Crippen LogP contribution in [0.15, 0.2) is 36.4 Å². The fourth-order valence-corrected chi connectivity index (χ4v) is 3.90. The van der Waals surface area contributed by atoms with E-state index in [1.165, 1.54) is 12.0 Å². The monoisotopic (exact) mass is 424 g/mol. The van der Waals surface area contributed by atoms with Gasteiger partial charge < -0.3 is 14.4 Å². The summed E-state index contributed by atoms with van der Waals surface area (Å²) < 4.78 is 10.9. The van der Waals surface area contributed by atoms with Gasteiger partial charge in [-0.05, 0) is 31.4 Å². The zero-order chi connectivity index (χ0) is 21.8. The number of nitrogens with zero attached hydrogens (tertiary/aromatic N) is 4. The average molecular weight is 424 g/mol. The number of carbonyl (C=O) groups excluding carboxylic acids is 3. The second-order valence-electron chi connectivity index (χ2n) is 7.55. The van der Waals surface area contributed by atoms with Crippen molar-refractivity contribution in [2.75, 3.05) is 26.7 Å². The van der Waals surface area contributed by atoms with Gasteiger partial charge in [-0.25, -0.2) is 0 Å². The Morgan fingerprint density at radius 1 is 1.06 bits per heavy atom. The van der Waals surface area contributed by atoms with Gasteiger partial charge in [0.25, 0.3) is 11.8 Å². The van der Waals surface area contributed by atoms with E-state index >= 15 is 0 Å². The molecule has 9 nitrogen and oxygen atoms in total. The van der Waals surface area contributed by atoms with Gasteiger partial charge in [0.2, 0.25) is 17.7 Å². The van der Waals surface area contributed by atoms with Crippen molar-refractivity contribution in [3.63, 3.8) is 0 Å². The van der Waals surface area contributed by atoms with Gasteiger partial charge in [-0.15, -0.1) is 10.2 Å². The second kappa shape index (κ2) is 9.11. The highest BCUT2D eigenvalue weighted by Crippen LogP contribution is 2.23. The van der Waals surface area contributed by atoms with E-state index in [0.717, 1.165) is 12.8 Å². The molecule has 0 saturated carbocycles. The number of fused-ring (bicyclic) bond motifs is 1. The van der Waals surface area contributed by atoms with Crippen LogP contribution in [-0.2, 0) is 4.79 Å². The first kappa shape index (κ1) is 20.8. The summed E-state index contributed by atoms with van der Waals surface area (Å²) in [6.07, 6.45) is 2.19. The molecule has 9 heteroatoms. The molecule has 0 aliphatic carbocycles. The number of ether oxygens (including phenoxy) is 2. The molecule has 0 spiro atoms. The van der Waals surface area contributed by atoms with E-state index in [9.17, 15) is 14.4 Å². The minimum absolute atomic E-state index is 0.00859. The number of methoxy groups -OCH3 is 1. The number of piperidine rings is 1. The number of amides is 3. The van der Waals surface area contributed by atoms with Gasteiger partial charge in [-0.3, -0.25) is 19.3 Å². The van der Waals surface area contributed by atoms with Gasteiger partial charge in [-0.2, -0.15) is 0 Å². The Balaban J connectivity index is 1.26. The molecule has 31 heavy (non-hydrogen) atoms. The van der Waals surface area contributed by atoms with Crippen LogP contribution < -0.4 is 9.47 Å². The SMILES string of the molecule is COc1ccc(OC2CCCN(C(=O)CCCN3C(=O)c4ccccc4C3=O)C2)nn1. The molecule has 1 atom stereocenters. The number of likely N-dealkylation sites (tertiary alicyclic amines) is 1. The predicted octanol–water partition coefficient (Wildman–Crippen LogP) is 1.93. The number of hydrogen-bond donors (Lipinski definition) is 0. The summed E-state index contributed by atoms with van der Waals surface area (Å²) in [6.45, 7) is 1.37. The normalized spacial score (nSPS) is 18.2. The molecule has 0 N–H and O–H groups in total. The fraction of sp³-hybridized carbons (Fsp3) is 0.409. The van der Waals surface area contributed by atoms with Crippen LogP contribution in [0.25, 0.3) is 0 Å². The molecule has 1 unspecified atom stereocenters. The highest BCUT2D eigenvalue weighted by molar-refractivity contribution is 6.21. The molecule has 1 fully saturated rings. The van der Waals surface area contributed by atoms with Gasteiger partial charge in [0.05, 0.1) is 24.8 Å². The largest absolute Gasteiger partial charge is 0.480 e. The first-order valence-corrected chi connectivity index (χ1v) is 10.3. The molecule has 4 rings (SSSR count). The van der Waals surface area contributed by atoms with Gasteiger partial charge in [0.1, 0.15) is 6.10 Å². The van der Waals surface area contributed by atoms with Crippen LogP contribution in [0.4, 0.5) is 0 Å². The Hall–Kier alpha value is -3.49. The van der Waals surface area contributed by atoms with Crippen LogP contribution in [0.5, 0.6) is 11.8 Å². The van der Waals surface area contributed by atoms with Crippen LogP contribution in [-0.4, -0.2) is 70.6 Å². The van der Waals surface area contributed by atoms with E-state index in [4.69, 9.17) is 9.47 Å². The molecule has 0 radical (unpaired) electrons. The summed E-state index contributed by atoms with van der Waals surface area (Å²) in [6, 6.07) is 10.2. The molecule has 2 aliphatic rings. The standard InChI is InChI=1S/C22H24N4O5/c1-30-18-10-11-19(24-23-18)31-15-6-4-12-25(14-15)20(27)9-5-13-26-21(28)16-7-2-3-8-17(16)22(26)29/h2-3,7-8,10-11,15H,4-6,9,12-14H2,1H3. The molecule has 2 aromatic rings. The Morgan fingerprint density at radius 2 is 1.74 bits per heavy atom. The number of benzene rings is 1. The zero-order valence-corrected chi connectivity index (χ0v) is 17.3. The molecule has 1 saturated heterocycles. The van der Waals surface area contributed by atoms with E-state index in [1.807, 2.05) is 0 Å². The third-order valence-corrected chi connectivity index (χ3v) is 5.49. The van der Waals surface area contributed by atoms with Crippen LogP contribution in [0, 0.1) is 0 Å². The van der Waals surface area contributed by atoms with E-state index in [-0.39, 0.29) is 36.8 Å². The summed E-state index contributed by atoms with van der Waals surface area (Å²) in [5.74, 6) is 0.211. The van der Waals surface area contributed by atoms with Crippen molar-refractivity contribution >= 4 is 17.7 Å². The van der Waals surface area contributed by atoms with Gasteiger partial charge in [0.15, 0.2) is 0 Å². The fourth-order valence-electron chi connectivity index (χ4n) is 3.90. The molecular weight excluding hydrogens is 400 g/mol. The average Bonchev–Trinajstić information content (AvgIpc) is 3.05. The minimum atomic E-state index is -0.292. The van der Waals surface area contributed by atoms with Crippen molar-refractivity contribution in [1.82, 2.24) is 20.0 Å². The Bertz CT molecular complexity index is 943. The van der Waals surface area contributed by atoms with Crippen molar-refractivity contribution in [1.29, 1.82) is 0 Å². The van der Waals surface area contributed by atoms with Crippen molar-refractivity contribution in [3.05, 3.63) is 47.5 Å². The minimum Gasteiger partial charge on any atom is -0.480 e. The third-order valence-electron chi connectivity index (χ3n) is 5.49. The van der Waals surface area contributed by atoms with Gasteiger partial charge in [-0.1, -0.05) is 12.1 Å². The lowest BCUT2D eigenvalue weighted by Crippen LogP contribution is -2.44. The Labute approximate surface area is 179 Å². The van der Waals surface area contributed by atoms with Gasteiger partial charge in [0, 0.05) is 31.6 Å². The van der Waals surface area contributed by atoms with Crippen LogP contribution in [0.3, 0.4) is 0 Å². The summed E-state index contributed by atoms with van der Waals surface area (Å²) in [7, 11) is 1.52. The van der Waals surface area contributed by atoms with Crippen molar-refractivity contribution in [2.45, 2.75) is 31.8 Å².